The zero-order valence-electron chi connectivity index (χ0n) is 8.28. The van der Waals surface area contributed by atoms with E-state index in [1.807, 2.05) is 24.3 Å². The number of ether oxygens (including phenoxy) is 1. The second kappa shape index (κ2) is 6.54. The van der Waals surface area contributed by atoms with E-state index in [1.54, 1.807) is 0 Å². The van der Waals surface area contributed by atoms with E-state index in [1.165, 1.54) is 0 Å². The van der Waals surface area contributed by atoms with Gasteiger partial charge in [0.15, 0.2) is 0 Å². The van der Waals surface area contributed by atoms with Crippen molar-refractivity contribution < 1.29 is 9.84 Å². The Balaban J connectivity index is 2.41. The van der Waals surface area contributed by atoms with Gasteiger partial charge in [0.1, 0.15) is 0 Å². The molecule has 14 heavy (non-hydrogen) atoms. The van der Waals surface area contributed by atoms with E-state index in [2.05, 4.69) is 0 Å². The van der Waals surface area contributed by atoms with Crippen molar-refractivity contribution in [2.24, 2.45) is 5.73 Å². The van der Waals surface area contributed by atoms with Gasteiger partial charge in [0.2, 0.25) is 0 Å². The lowest BCUT2D eigenvalue weighted by atomic mass is 10.1. The minimum Gasteiger partial charge on any atom is -0.396 e. The normalized spacial score (nSPS) is 10.4. The van der Waals surface area contributed by atoms with Crippen molar-refractivity contribution in [3.63, 3.8) is 0 Å². The largest absolute Gasteiger partial charge is 0.396 e. The van der Waals surface area contributed by atoms with Crippen LogP contribution in [0.2, 0.25) is 0 Å². The number of aliphatic hydroxyl groups excluding tert-OH is 1. The topological polar surface area (TPSA) is 55.5 Å². The van der Waals surface area contributed by atoms with E-state index in [-0.39, 0.29) is 6.61 Å². The van der Waals surface area contributed by atoms with Crippen LogP contribution in [0.15, 0.2) is 24.3 Å². The SMILES string of the molecule is NCc1ccccc1COCCCO. The van der Waals surface area contributed by atoms with Gasteiger partial charge in [-0.1, -0.05) is 24.3 Å². The quantitative estimate of drug-likeness (QED) is 0.667. The fourth-order valence-electron chi connectivity index (χ4n) is 1.25. The van der Waals surface area contributed by atoms with Crippen LogP contribution in [-0.4, -0.2) is 18.3 Å². The van der Waals surface area contributed by atoms with Crippen LogP contribution in [0.25, 0.3) is 0 Å². The number of aliphatic hydroxyl groups is 1. The Hall–Kier alpha value is -0.900. The number of hydrogen-bond donors (Lipinski definition) is 2. The van der Waals surface area contributed by atoms with Crippen molar-refractivity contribution in [3.05, 3.63) is 35.4 Å². The molecule has 3 N–H and O–H groups in total. The van der Waals surface area contributed by atoms with E-state index in [0.29, 0.717) is 26.2 Å². The van der Waals surface area contributed by atoms with E-state index in [9.17, 15) is 0 Å². The third-order valence-electron chi connectivity index (χ3n) is 2.04. The summed E-state index contributed by atoms with van der Waals surface area (Å²) in [5.74, 6) is 0. The van der Waals surface area contributed by atoms with Gasteiger partial charge in [-0.15, -0.1) is 0 Å². The molecule has 0 amide bonds. The highest BCUT2D eigenvalue weighted by atomic mass is 16.5. The predicted molar refractivity (Wildman–Crippen MR) is 55.7 cm³/mol. The molecule has 0 radical (unpaired) electrons. The first kappa shape index (κ1) is 11.2. The summed E-state index contributed by atoms with van der Waals surface area (Å²) >= 11 is 0. The molecule has 0 atom stereocenters. The van der Waals surface area contributed by atoms with Crippen LogP contribution >= 0.6 is 0 Å². The second-order valence-electron chi connectivity index (χ2n) is 3.10. The van der Waals surface area contributed by atoms with E-state index >= 15 is 0 Å². The Morgan fingerprint density at radius 3 is 2.57 bits per heavy atom. The molecule has 3 heteroatoms. The van der Waals surface area contributed by atoms with Crippen molar-refractivity contribution in [2.45, 2.75) is 19.6 Å². The Labute approximate surface area is 84.5 Å². The van der Waals surface area contributed by atoms with Crippen molar-refractivity contribution in [1.82, 2.24) is 0 Å². The van der Waals surface area contributed by atoms with Crippen LogP contribution < -0.4 is 5.73 Å². The lowest BCUT2D eigenvalue weighted by molar-refractivity contribution is 0.104. The molecule has 3 nitrogen and oxygen atoms in total. The Kier molecular flexibility index (Phi) is 5.22. The molecule has 1 aromatic carbocycles. The van der Waals surface area contributed by atoms with Gasteiger partial charge in [-0.25, -0.2) is 0 Å². The average Bonchev–Trinajstić information content (AvgIpc) is 2.25. The number of rotatable bonds is 6. The van der Waals surface area contributed by atoms with E-state index in [4.69, 9.17) is 15.6 Å². The van der Waals surface area contributed by atoms with Gasteiger partial charge in [0.05, 0.1) is 6.61 Å². The first-order chi connectivity index (χ1) is 6.88. The summed E-state index contributed by atoms with van der Waals surface area (Å²) < 4.78 is 5.39. The predicted octanol–water partition coefficient (Wildman–Crippen LogP) is 1.04. The van der Waals surface area contributed by atoms with Gasteiger partial charge in [-0.2, -0.15) is 0 Å². The molecular formula is C11H17NO2. The van der Waals surface area contributed by atoms with Gasteiger partial charge >= 0.3 is 0 Å². The molecule has 1 rings (SSSR count). The molecule has 0 aromatic heterocycles. The molecule has 0 aliphatic heterocycles. The van der Waals surface area contributed by atoms with Crippen molar-refractivity contribution >= 4 is 0 Å². The summed E-state index contributed by atoms with van der Waals surface area (Å²) in [6.07, 6.45) is 0.685. The summed E-state index contributed by atoms with van der Waals surface area (Å²) in [6, 6.07) is 7.97. The van der Waals surface area contributed by atoms with Gasteiger partial charge in [-0.05, 0) is 17.5 Å². The Morgan fingerprint density at radius 2 is 1.93 bits per heavy atom. The van der Waals surface area contributed by atoms with Gasteiger partial charge in [-0.3, -0.25) is 0 Å². The van der Waals surface area contributed by atoms with Crippen LogP contribution in [-0.2, 0) is 17.9 Å². The second-order valence-corrected chi connectivity index (χ2v) is 3.10. The maximum Gasteiger partial charge on any atom is 0.0720 e. The minimum atomic E-state index is 0.179. The fourth-order valence-corrected chi connectivity index (χ4v) is 1.25. The molecule has 0 spiro atoms. The molecule has 1 aromatic rings. The van der Waals surface area contributed by atoms with Gasteiger partial charge in [0.25, 0.3) is 0 Å². The van der Waals surface area contributed by atoms with Gasteiger partial charge < -0.3 is 15.6 Å². The van der Waals surface area contributed by atoms with Gasteiger partial charge in [0, 0.05) is 19.8 Å². The molecule has 0 heterocycles. The first-order valence-corrected chi connectivity index (χ1v) is 4.84. The summed E-state index contributed by atoms with van der Waals surface area (Å²) in [4.78, 5) is 0. The number of nitrogens with two attached hydrogens (primary N) is 1. The van der Waals surface area contributed by atoms with Crippen molar-refractivity contribution in [2.75, 3.05) is 13.2 Å². The van der Waals surface area contributed by atoms with Crippen LogP contribution in [0.3, 0.4) is 0 Å². The highest BCUT2D eigenvalue weighted by molar-refractivity contribution is 5.26. The molecule has 0 aliphatic carbocycles. The minimum absolute atomic E-state index is 0.179. The monoisotopic (exact) mass is 195 g/mol. The Morgan fingerprint density at radius 1 is 1.21 bits per heavy atom. The van der Waals surface area contributed by atoms with E-state index < -0.39 is 0 Å². The zero-order valence-corrected chi connectivity index (χ0v) is 8.28. The lowest BCUT2D eigenvalue weighted by Gasteiger charge is -2.07. The molecule has 0 saturated heterocycles. The number of hydrogen-bond acceptors (Lipinski definition) is 3. The van der Waals surface area contributed by atoms with Crippen LogP contribution in [0.1, 0.15) is 17.5 Å². The Bertz CT molecular complexity index is 263. The molecule has 0 fully saturated rings. The van der Waals surface area contributed by atoms with Crippen molar-refractivity contribution in [3.8, 4) is 0 Å². The standard InChI is InChI=1S/C11H17NO2/c12-8-10-4-1-2-5-11(10)9-14-7-3-6-13/h1-2,4-5,13H,3,6-9,12H2. The number of benzene rings is 1. The van der Waals surface area contributed by atoms with Crippen LogP contribution in [0, 0.1) is 0 Å². The molecule has 0 saturated carbocycles. The third-order valence-corrected chi connectivity index (χ3v) is 2.04. The molecular weight excluding hydrogens is 178 g/mol. The highest BCUT2D eigenvalue weighted by Gasteiger charge is 1.98. The molecule has 78 valence electrons. The average molecular weight is 195 g/mol. The fraction of sp³-hybridized carbons (Fsp3) is 0.455. The zero-order chi connectivity index (χ0) is 10.2. The van der Waals surface area contributed by atoms with Crippen LogP contribution in [0.5, 0.6) is 0 Å². The summed E-state index contributed by atoms with van der Waals surface area (Å²) in [5, 5.41) is 8.56. The first-order valence-electron chi connectivity index (χ1n) is 4.84. The van der Waals surface area contributed by atoms with Crippen LogP contribution in [0.4, 0.5) is 0 Å². The van der Waals surface area contributed by atoms with E-state index in [0.717, 1.165) is 11.1 Å². The maximum absolute atomic E-state index is 8.56. The maximum atomic E-state index is 8.56. The lowest BCUT2D eigenvalue weighted by Crippen LogP contribution is -2.04. The molecule has 0 aliphatic rings. The summed E-state index contributed by atoms with van der Waals surface area (Å²) in [5.41, 5.74) is 7.84. The highest BCUT2D eigenvalue weighted by Crippen LogP contribution is 2.09. The smallest absolute Gasteiger partial charge is 0.0720 e. The van der Waals surface area contributed by atoms with Crippen molar-refractivity contribution in [1.29, 1.82) is 0 Å². The third kappa shape index (κ3) is 3.46. The summed E-state index contributed by atoms with van der Waals surface area (Å²) in [7, 11) is 0. The molecule has 0 unspecified atom stereocenters. The molecule has 0 bridgehead atoms. The summed E-state index contributed by atoms with van der Waals surface area (Å²) in [6.45, 7) is 1.89.